The van der Waals surface area contributed by atoms with Crippen LogP contribution in [0.1, 0.15) is 12.5 Å². The van der Waals surface area contributed by atoms with E-state index in [2.05, 4.69) is 28.8 Å². The summed E-state index contributed by atoms with van der Waals surface area (Å²) in [5.74, 6) is 0.998. The molecule has 0 saturated carbocycles. The first kappa shape index (κ1) is 14.7. The minimum Gasteiger partial charge on any atom is -0.376 e. The summed E-state index contributed by atoms with van der Waals surface area (Å²) in [6.45, 7) is 5.90. The third-order valence-corrected chi connectivity index (χ3v) is 3.57. The fraction of sp³-hybridized carbons (Fsp3) is 0.692. The molecule has 2 rings (SSSR count). The predicted octanol–water partition coefficient (Wildman–Crippen LogP) is 1.44. The number of thioether (sulfide) groups is 1. The van der Waals surface area contributed by atoms with E-state index in [1.165, 1.54) is 0 Å². The Morgan fingerprint density at radius 3 is 2.79 bits per heavy atom. The van der Waals surface area contributed by atoms with Crippen molar-refractivity contribution in [3.05, 3.63) is 18.0 Å². The normalized spacial score (nSPS) is 19.8. The van der Waals surface area contributed by atoms with Crippen LogP contribution in [0.4, 0.5) is 0 Å². The van der Waals surface area contributed by atoms with Gasteiger partial charge in [-0.2, -0.15) is 0 Å². The van der Waals surface area contributed by atoms with Gasteiger partial charge in [0, 0.05) is 31.0 Å². The maximum Gasteiger partial charge on any atom is 0.187 e. The van der Waals surface area contributed by atoms with Crippen LogP contribution in [0, 0.1) is 0 Å². The second kappa shape index (κ2) is 7.79. The highest BCUT2D eigenvalue weighted by Crippen LogP contribution is 2.12. The predicted molar refractivity (Wildman–Crippen MR) is 75.3 cm³/mol. The number of hydrogen-bond donors (Lipinski definition) is 0. The van der Waals surface area contributed by atoms with Gasteiger partial charge in [0.25, 0.3) is 0 Å². The molecule has 0 unspecified atom stereocenters. The highest BCUT2D eigenvalue weighted by atomic mass is 32.2. The zero-order valence-corrected chi connectivity index (χ0v) is 12.4. The van der Waals surface area contributed by atoms with Gasteiger partial charge >= 0.3 is 0 Å². The van der Waals surface area contributed by atoms with Crippen LogP contribution in [-0.2, 0) is 16.0 Å². The first-order valence-corrected chi connectivity index (χ1v) is 7.58. The molecule has 0 bridgehead atoms. The monoisotopic (exact) mass is 283 g/mol. The van der Waals surface area contributed by atoms with E-state index in [1.54, 1.807) is 11.8 Å². The molecule has 1 fully saturated rings. The zero-order chi connectivity index (χ0) is 13.5. The fourth-order valence-corrected chi connectivity index (χ4v) is 2.51. The first-order valence-electron chi connectivity index (χ1n) is 6.59. The van der Waals surface area contributed by atoms with Crippen LogP contribution in [-0.4, -0.2) is 60.1 Å². The maximum atomic E-state index is 5.64. The maximum absolute atomic E-state index is 5.64. The van der Waals surface area contributed by atoms with Gasteiger partial charge in [-0.3, -0.25) is 4.90 Å². The van der Waals surface area contributed by atoms with Gasteiger partial charge in [-0.15, -0.1) is 0 Å². The molecule has 0 spiro atoms. The molecule has 2 heterocycles. The van der Waals surface area contributed by atoms with Gasteiger partial charge < -0.3 is 9.47 Å². The molecule has 0 aliphatic carbocycles. The molecule has 1 aliphatic rings. The van der Waals surface area contributed by atoms with Crippen molar-refractivity contribution >= 4 is 11.8 Å². The molecule has 1 aromatic heterocycles. The van der Waals surface area contributed by atoms with E-state index >= 15 is 0 Å². The molecule has 0 N–H and O–H groups in total. The Bertz CT molecular complexity index is 369. The zero-order valence-electron chi connectivity index (χ0n) is 11.5. The lowest BCUT2D eigenvalue weighted by Gasteiger charge is -2.27. The van der Waals surface area contributed by atoms with E-state index in [9.17, 15) is 0 Å². The number of likely N-dealkylation sites (N-methyl/N-ethyl adjacent to an activating group) is 1. The van der Waals surface area contributed by atoms with Gasteiger partial charge in [0.15, 0.2) is 5.16 Å². The molecule has 1 atom stereocenters. The van der Waals surface area contributed by atoms with Crippen molar-refractivity contribution in [2.24, 2.45) is 0 Å². The lowest BCUT2D eigenvalue weighted by atomic mass is 10.3. The van der Waals surface area contributed by atoms with E-state index in [0.717, 1.165) is 29.6 Å². The van der Waals surface area contributed by atoms with Crippen LogP contribution in [0.25, 0.3) is 0 Å². The van der Waals surface area contributed by atoms with Gasteiger partial charge in [0.05, 0.1) is 25.9 Å². The summed E-state index contributed by atoms with van der Waals surface area (Å²) in [6, 6.07) is 0. The van der Waals surface area contributed by atoms with E-state index in [4.69, 9.17) is 9.47 Å². The van der Waals surface area contributed by atoms with Crippen molar-refractivity contribution in [1.29, 1.82) is 0 Å². The highest BCUT2D eigenvalue weighted by molar-refractivity contribution is 7.99. The van der Waals surface area contributed by atoms with Crippen LogP contribution in [0.2, 0.25) is 0 Å². The lowest BCUT2D eigenvalue weighted by molar-refractivity contribution is -0.0963. The molecule has 0 amide bonds. The quantitative estimate of drug-likeness (QED) is 0.581. The van der Waals surface area contributed by atoms with E-state index in [0.29, 0.717) is 19.8 Å². The summed E-state index contributed by atoms with van der Waals surface area (Å²) in [6.07, 6.45) is 3.98. The Balaban J connectivity index is 1.78. The molecule has 1 saturated heterocycles. The Morgan fingerprint density at radius 1 is 1.37 bits per heavy atom. The van der Waals surface area contributed by atoms with Crippen molar-refractivity contribution in [2.75, 3.05) is 39.2 Å². The number of hydrogen-bond acceptors (Lipinski definition) is 6. The smallest absolute Gasteiger partial charge is 0.187 e. The van der Waals surface area contributed by atoms with Crippen LogP contribution in [0.5, 0.6) is 0 Å². The topological polar surface area (TPSA) is 47.5 Å². The number of ether oxygens (including phenoxy) is 2. The van der Waals surface area contributed by atoms with Gasteiger partial charge in [0.2, 0.25) is 0 Å². The summed E-state index contributed by atoms with van der Waals surface area (Å²) in [5, 5.41) is 0.845. The molecule has 6 heteroatoms. The Hall–Kier alpha value is -0.690. The van der Waals surface area contributed by atoms with Crippen molar-refractivity contribution < 1.29 is 9.47 Å². The Labute approximate surface area is 118 Å². The van der Waals surface area contributed by atoms with Gasteiger partial charge in [-0.05, 0) is 12.8 Å². The number of rotatable bonds is 6. The third kappa shape index (κ3) is 5.06. The lowest BCUT2D eigenvalue weighted by Crippen LogP contribution is -2.38. The van der Waals surface area contributed by atoms with Gasteiger partial charge in [-0.1, -0.05) is 18.7 Å². The molecule has 1 aromatic rings. The molecule has 0 radical (unpaired) electrons. The fourth-order valence-electron chi connectivity index (χ4n) is 1.99. The Morgan fingerprint density at radius 2 is 2.16 bits per heavy atom. The molecule has 5 nitrogen and oxygen atoms in total. The van der Waals surface area contributed by atoms with Crippen LogP contribution >= 0.6 is 11.8 Å². The van der Waals surface area contributed by atoms with Crippen LogP contribution in [0.15, 0.2) is 17.6 Å². The van der Waals surface area contributed by atoms with Crippen molar-refractivity contribution in [1.82, 2.24) is 14.9 Å². The van der Waals surface area contributed by atoms with Crippen LogP contribution < -0.4 is 0 Å². The molecule has 106 valence electrons. The minimum atomic E-state index is 0.176. The summed E-state index contributed by atoms with van der Waals surface area (Å²) in [5.41, 5.74) is 1.12. The largest absolute Gasteiger partial charge is 0.376 e. The molecular formula is C13H21N3O2S. The number of aromatic nitrogens is 2. The highest BCUT2D eigenvalue weighted by Gasteiger charge is 2.16. The van der Waals surface area contributed by atoms with Crippen LogP contribution in [0.3, 0.4) is 0 Å². The summed E-state index contributed by atoms with van der Waals surface area (Å²) in [7, 11) is 2.08. The summed E-state index contributed by atoms with van der Waals surface area (Å²) >= 11 is 1.66. The van der Waals surface area contributed by atoms with Gasteiger partial charge in [0.1, 0.15) is 0 Å². The average Bonchev–Trinajstić information content (AvgIpc) is 2.42. The van der Waals surface area contributed by atoms with E-state index in [1.807, 2.05) is 12.4 Å². The van der Waals surface area contributed by atoms with E-state index in [-0.39, 0.29) is 6.10 Å². The summed E-state index contributed by atoms with van der Waals surface area (Å²) in [4.78, 5) is 10.9. The first-order chi connectivity index (χ1) is 9.28. The molecular weight excluding hydrogens is 262 g/mol. The molecule has 19 heavy (non-hydrogen) atoms. The van der Waals surface area contributed by atoms with Crippen molar-refractivity contribution in [2.45, 2.75) is 24.7 Å². The SMILES string of the molecule is CCSc1ncc(CN(C)C[C@@H]2COCCO2)cn1. The molecule has 1 aliphatic heterocycles. The van der Waals surface area contributed by atoms with Gasteiger partial charge in [-0.25, -0.2) is 9.97 Å². The summed E-state index contributed by atoms with van der Waals surface area (Å²) < 4.78 is 11.0. The standard InChI is InChI=1S/C13H21N3O2S/c1-3-19-13-14-6-11(7-15-13)8-16(2)9-12-10-17-4-5-18-12/h6-7,12H,3-5,8-10H2,1-2H3/t12-/m1/s1. The average molecular weight is 283 g/mol. The Kier molecular flexibility index (Phi) is 6.03. The van der Waals surface area contributed by atoms with Crippen molar-refractivity contribution in [3.8, 4) is 0 Å². The minimum absolute atomic E-state index is 0.176. The second-order valence-corrected chi connectivity index (χ2v) is 5.80. The second-order valence-electron chi connectivity index (χ2n) is 4.57. The number of nitrogens with zero attached hydrogens (tertiary/aromatic N) is 3. The third-order valence-electron chi connectivity index (χ3n) is 2.81. The molecule has 0 aromatic carbocycles. The van der Waals surface area contributed by atoms with E-state index < -0.39 is 0 Å². The van der Waals surface area contributed by atoms with Crippen molar-refractivity contribution in [3.63, 3.8) is 0 Å².